The molecular weight excluding hydrogens is 433 g/mol. The summed E-state index contributed by atoms with van der Waals surface area (Å²) < 4.78 is 6.70. The number of halogens is 2. The Kier molecular flexibility index (Phi) is 7.05. The van der Waals surface area contributed by atoms with Crippen molar-refractivity contribution in [2.24, 2.45) is 0 Å². The zero-order chi connectivity index (χ0) is 21.0. The topological polar surface area (TPSA) is 73.2 Å². The van der Waals surface area contributed by atoms with Crippen molar-refractivity contribution >= 4 is 57.5 Å². The third kappa shape index (κ3) is 5.04. The van der Waals surface area contributed by atoms with Gasteiger partial charge in [-0.1, -0.05) is 41.9 Å². The van der Waals surface area contributed by atoms with Crippen LogP contribution < -0.4 is 15.6 Å². The number of fused-ring (bicyclic) bond motifs is 1. The molecule has 3 rings (SSSR count). The van der Waals surface area contributed by atoms with Crippen molar-refractivity contribution < 1.29 is 9.53 Å². The summed E-state index contributed by atoms with van der Waals surface area (Å²) in [6, 6.07) is 10.00. The van der Waals surface area contributed by atoms with Gasteiger partial charge in [-0.2, -0.15) is 0 Å². The Bertz CT molecular complexity index is 1120. The van der Waals surface area contributed by atoms with Crippen LogP contribution in [-0.2, 0) is 11.3 Å². The van der Waals surface area contributed by atoms with Crippen molar-refractivity contribution in [3.05, 3.63) is 56.8 Å². The van der Waals surface area contributed by atoms with Gasteiger partial charge < -0.3 is 10.1 Å². The summed E-state index contributed by atoms with van der Waals surface area (Å²) in [5.41, 5.74) is 0.934. The molecule has 1 N–H and O–H groups in total. The van der Waals surface area contributed by atoms with Crippen LogP contribution in [0.3, 0.4) is 0 Å². The summed E-state index contributed by atoms with van der Waals surface area (Å²) in [6.45, 7) is 2.50. The van der Waals surface area contributed by atoms with Crippen LogP contribution in [0.1, 0.15) is 13.3 Å². The average Bonchev–Trinajstić information content (AvgIpc) is 2.69. The minimum atomic E-state index is -0.236. The first kappa shape index (κ1) is 21.5. The predicted molar refractivity (Wildman–Crippen MR) is 119 cm³/mol. The maximum atomic E-state index is 12.8. The number of thioether (sulfide) groups is 1. The summed E-state index contributed by atoms with van der Waals surface area (Å²) in [5, 5.41) is 4.67. The molecule has 0 aliphatic heterocycles. The first-order valence-corrected chi connectivity index (χ1v) is 10.6. The standard InChI is InChI=1S/C20H19Cl2N3O3S/c1-3-8-25-19(27)14-6-4-12(21)9-16(14)24-20(25)29-11-18(26)23-13-5-7-17(28-2)15(22)10-13/h4-7,9-10H,3,8,11H2,1-2H3,(H,23,26). The summed E-state index contributed by atoms with van der Waals surface area (Å²) >= 11 is 13.3. The van der Waals surface area contributed by atoms with E-state index in [-0.39, 0.29) is 17.2 Å². The minimum absolute atomic E-state index is 0.0892. The van der Waals surface area contributed by atoms with Gasteiger partial charge in [0.25, 0.3) is 5.56 Å². The molecule has 0 saturated heterocycles. The number of nitrogens with one attached hydrogen (secondary N) is 1. The van der Waals surface area contributed by atoms with Gasteiger partial charge in [-0.15, -0.1) is 0 Å². The van der Waals surface area contributed by atoms with Gasteiger partial charge in [-0.3, -0.25) is 14.2 Å². The molecule has 1 amide bonds. The van der Waals surface area contributed by atoms with Crippen LogP contribution in [0.4, 0.5) is 5.69 Å². The van der Waals surface area contributed by atoms with E-state index >= 15 is 0 Å². The largest absolute Gasteiger partial charge is 0.495 e. The van der Waals surface area contributed by atoms with E-state index in [1.807, 2.05) is 6.92 Å². The number of hydrogen-bond donors (Lipinski definition) is 1. The lowest BCUT2D eigenvalue weighted by Gasteiger charge is -2.12. The number of benzene rings is 2. The number of nitrogens with zero attached hydrogens (tertiary/aromatic N) is 2. The Morgan fingerprint density at radius 1 is 1.24 bits per heavy atom. The van der Waals surface area contributed by atoms with E-state index in [1.54, 1.807) is 41.0 Å². The lowest BCUT2D eigenvalue weighted by atomic mass is 10.2. The normalized spacial score (nSPS) is 10.9. The van der Waals surface area contributed by atoms with Crippen molar-refractivity contribution in [2.75, 3.05) is 18.2 Å². The third-order valence-corrected chi connectivity index (χ3v) is 5.60. The minimum Gasteiger partial charge on any atom is -0.495 e. The molecule has 152 valence electrons. The molecule has 0 radical (unpaired) electrons. The Hall–Kier alpha value is -2.22. The summed E-state index contributed by atoms with van der Waals surface area (Å²) in [5.74, 6) is 0.382. The zero-order valence-corrected chi connectivity index (χ0v) is 18.2. The van der Waals surface area contributed by atoms with Crippen LogP contribution in [0.25, 0.3) is 10.9 Å². The van der Waals surface area contributed by atoms with Gasteiger partial charge >= 0.3 is 0 Å². The fourth-order valence-corrected chi connectivity index (χ4v) is 4.03. The number of methoxy groups -OCH3 is 1. The van der Waals surface area contributed by atoms with Gasteiger partial charge in [-0.05, 0) is 42.8 Å². The van der Waals surface area contributed by atoms with E-state index in [9.17, 15) is 9.59 Å². The van der Waals surface area contributed by atoms with Gasteiger partial charge in [0, 0.05) is 17.3 Å². The van der Waals surface area contributed by atoms with Gasteiger partial charge in [0.2, 0.25) is 5.91 Å². The number of ether oxygens (including phenoxy) is 1. The highest BCUT2D eigenvalue weighted by atomic mass is 35.5. The Morgan fingerprint density at radius 2 is 2.03 bits per heavy atom. The summed E-state index contributed by atoms with van der Waals surface area (Å²) in [6.07, 6.45) is 0.769. The molecular formula is C20H19Cl2N3O3S. The summed E-state index contributed by atoms with van der Waals surface area (Å²) in [4.78, 5) is 29.8. The van der Waals surface area contributed by atoms with Crippen LogP contribution in [-0.4, -0.2) is 28.3 Å². The highest BCUT2D eigenvalue weighted by Crippen LogP contribution is 2.27. The van der Waals surface area contributed by atoms with Crippen molar-refractivity contribution in [3.63, 3.8) is 0 Å². The monoisotopic (exact) mass is 451 g/mol. The van der Waals surface area contributed by atoms with Crippen LogP contribution in [0.2, 0.25) is 10.0 Å². The van der Waals surface area contributed by atoms with Crippen molar-refractivity contribution in [2.45, 2.75) is 25.0 Å². The second kappa shape index (κ2) is 9.52. The second-order valence-corrected chi connectivity index (χ2v) is 7.98. The molecule has 0 spiro atoms. The molecule has 0 unspecified atom stereocenters. The number of rotatable bonds is 7. The van der Waals surface area contributed by atoms with E-state index in [0.717, 1.165) is 6.42 Å². The Balaban J connectivity index is 1.80. The molecule has 0 bridgehead atoms. The van der Waals surface area contributed by atoms with Gasteiger partial charge in [-0.25, -0.2) is 4.98 Å². The van der Waals surface area contributed by atoms with E-state index in [4.69, 9.17) is 27.9 Å². The molecule has 0 saturated carbocycles. The fourth-order valence-electron chi connectivity index (χ4n) is 2.78. The average molecular weight is 452 g/mol. The molecule has 2 aromatic carbocycles. The van der Waals surface area contributed by atoms with Crippen molar-refractivity contribution in [3.8, 4) is 5.75 Å². The molecule has 3 aromatic rings. The maximum Gasteiger partial charge on any atom is 0.262 e. The zero-order valence-electron chi connectivity index (χ0n) is 15.9. The Labute approximate surface area is 182 Å². The first-order valence-electron chi connectivity index (χ1n) is 8.89. The highest BCUT2D eigenvalue weighted by molar-refractivity contribution is 7.99. The van der Waals surface area contributed by atoms with Gasteiger partial charge in [0.15, 0.2) is 5.16 Å². The third-order valence-electron chi connectivity index (χ3n) is 4.10. The summed E-state index contributed by atoms with van der Waals surface area (Å²) in [7, 11) is 1.52. The highest BCUT2D eigenvalue weighted by Gasteiger charge is 2.14. The first-order chi connectivity index (χ1) is 13.9. The molecule has 0 fully saturated rings. The van der Waals surface area contributed by atoms with Crippen LogP contribution >= 0.6 is 35.0 Å². The van der Waals surface area contributed by atoms with Gasteiger partial charge in [0.1, 0.15) is 5.75 Å². The number of aromatic nitrogens is 2. The SMILES string of the molecule is CCCn1c(SCC(=O)Nc2ccc(OC)c(Cl)c2)nc2cc(Cl)ccc2c1=O. The maximum absolute atomic E-state index is 12.8. The lowest BCUT2D eigenvalue weighted by Crippen LogP contribution is -2.24. The molecule has 1 aromatic heterocycles. The van der Waals surface area contributed by atoms with E-state index in [0.29, 0.717) is 44.1 Å². The number of anilines is 1. The van der Waals surface area contributed by atoms with Crippen LogP contribution in [0, 0.1) is 0 Å². The smallest absolute Gasteiger partial charge is 0.262 e. The molecule has 9 heteroatoms. The number of amides is 1. The number of hydrogen-bond acceptors (Lipinski definition) is 5. The van der Waals surface area contributed by atoms with Crippen molar-refractivity contribution in [1.82, 2.24) is 9.55 Å². The van der Waals surface area contributed by atoms with Gasteiger partial charge in [0.05, 0.1) is 28.8 Å². The van der Waals surface area contributed by atoms with E-state index in [1.165, 1.54) is 18.9 Å². The number of carbonyl (C=O) groups is 1. The predicted octanol–water partition coefficient (Wildman–Crippen LogP) is 4.85. The Morgan fingerprint density at radius 3 is 2.72 bits per heavy atom. The molecule has 0 aliphatic rings. The molecule has 6 nitrogen and oxygen atoms in total. The number of carbonyl (C=O) groups excluding carboxylic acids is 1. The molecule has 29 heavy (non-hydrogen) atoms. The van der Waals surface area contributed by atoms with Crippen LogP contribution in [0.15, 0.2) is 46.3 Å². The van der Waals surface area contributed by atoms with Crippen molar-refractivity contribution in [1.29, 1.82) is 0 Å². The lowest BCUT2D eigenvalue weighted by molar-refractivity contribution is -0.113. The van der Waals surface area contributed by atoms with E-state index < -0.39 is 0 Å². The molecule has 1 heterocycles. The fraction of sp³-hybridized carbons (Fsp3) is 0.250. The van der Waals surface area contributed by atoms with Crippen LogP contribution in [0.5, 0.6) is 5.75 Å². The second-order valence-electron chi connectivity index (χ2n) is 6.20. The quantitative estimate of drug-likeness (QED) is 0.410. The van der Waals surface area contributed by atoms with E-state index in [2.05, 4.69) is 10.3 Å². The molecule has 0 aliphatic carbocycles. The molecule has 0 atom stereocenters.